The van der Waals surface area contributed by atoms with Crippen LogP contribution in [0.15, 0.2) is 18.2 Å². The average molecular weight is 221 g/mol. The van der Waals surface area contributed by atoms with Gasteiger partial charge >= 0.3 is 5.97 Å². The Hall–Kier alpha value is -2.62. The predicted molar refractivity (Wildman–Crippen MR) is 53.9 cm³/mol. The van der Waals surface area contributed by atoms with Gasteiger partial charge in [0.2, 0.25) is 0 Å². The van der Waals surface area contributed by atoms with Gasteiger partial charge in [-0.2, -0.15) is 5.26 Å². The van der Waals surface area contributed by atoms with Crippen molar-refractivity contribution in [1.82, 2.24) is 0 Å². The number of carbonyl (C=O) groups is 1. The Morgan fingerprint density at radius 3 is 2.81 bits per heavy atom. The Kier molecular flexibility index (Phi) is 3.40. The topological polar surface area (TPSA) is 116 Å². The predicted octanol–water partition coefficient (Wildman–Crippen LogP) is 0.963. The van der Waals surface area contributed by atoms with Crippen molar-refractivity contribution in [3.8, 4) is 6.07 Å². The molecule has 0 saturated heterocycles. The van der Waals surface area contributed by atoms with Gasteiger partial charge in [-0.15, -0.1) is 0 Å². The van der Waals surface area contributed by atoms with Gasteiger partial charge in [0, 0.05) is 12.1 Å². The number of nitrogens with one attached hydrogen (secondary N) is 1. The molecule has 16 heavy (non-hydrogen) atoms. The minimum Gasteiger partial charge on any atom is -0.480 e. The summed E-state index contributed by atoms with van der Waals surface area (Å²) in [6, 6.07) is 5.35. The smallest absolute Gasteiger partial charge is 0.322 e. The Morgan fingerprint density at radius 1 is 1.62 bits per heavy atom. The van der Waals surface area contributed by atoms with Crippen molar-refractivity contribution >= 4 is 17.3 Å². The molecule has 0 heterocycles. The summed E-state index contributed by atoms with van der Waals surface area (Å²) in [5.41, 5.74) is 0.0865. The van der Waals surface area contributed by atoms with Crippen LogP contribution in [0.4, 0.5) is 11.4 Å². The zero-order valence-corrected chi connectivity index (χ0v) is 8.01. The normalized spacial score (nSPS) is 9.19. The molecule has 0 aliphatic rings. The molecule has 0 aliphatic carbocycles. The van der Waals surface area contributed by atoms with E-state index in [1.54, 1.807) is 6.07 Å². The van der Waals surface area contributed by atoms with Crippen LogP contribution >= 0.6 is 0 Å². The average Bonchev–Trinajstić information content (AvgIpc) is 2.25. The molecule has 7 heteroatoms. The molecule has 0 unspecified atom stereocenters. The van der Waals surface area contributed by atoms with Crippen LogP contribution in [0.25, 0.3) is 0 Å². The number of benzene rings is 1. The lowest BCUT2D eigenvalue weighted by Crippen LogP contribution is -2.13. The number of carboxylic acids is 1. The van der Waals surface area contributed by atoms with Gasteiger partial charge in [-0.05, 0) is 6.07 Å². The molecule has 7 nitrogen and oxygen atoms in total. The maximum Gasteiger partial charge on any atom is 0.322 e. The third-order valence-corrected chi connectivity index (χ3v) is 1.76. The van der Waals surface area contributed by atoms with Gasteiger partial charge in [0.15, 0.2) is 0 Å². The van der Waals surface area contributed by atoms with E-state index in [4.69, 9.17) is 10.4 Å². The highest BCUT2D eigenvalue weighted by atomic mass is 16.6. The lowest BCUT2D eigenvalue weighted by atomic mass is 10.1. The number of carboxylic acid groups (broad SMARTS) is 1. The first kappa shape index (κ1) is 11.5. The first-order valence-corrected chi connectivity index (χ1v) is 4.19. The monoisotopic (exact) mass is 221 g/mol. The summed E-state index contributed by atoms with van der Waals surface area (Å²) in [4.78, 5) is 20.1. The molecule has 0 aliphatic heterocycles. The fraction of sp³-hybridized carbons (Fsp3) is 0.111. The number of anilines is 1. The minimum atomic E-state index is -1.08. The molecule has 1 aromatic rings. The highest BCUT2D eigenvalue weighted by molar-refractivity contribution is 5.74. The lowest BCUT2D eigenvalue weighted by molar-refractivity contribution is -0.384. The summed E-state index contributed by atoms with van der Waals surface area (Å²) in [7, 11) is 0. The molecule has 0 atom stereocenters. The zero-order valence-electron chi connectivity index (χ0n) is 8.01. The van der Waals surface area contributed by atoms with Gasteiger partial charge in [-0.25, -0.2) is 0 Å². The van der Waals surface area contributed by atoms with Crippen molar-refractivity contribution in [2.45, 2.75) is 0 Å². The van der Waals surface area contributed by atoms with Gasteiger partial charge in [0.05, 0.1) is 16.2 Å². The van der Waals surface area contributed by atoms with Crippen molar-refractivity contribution in [2.75, 3.05) is 11.9 Å². The van der Waals surface area contributed by atoms with E-state index < -0.39 is 10.9 Å². The Balaban J connectivity index is 2.99. The van der Waals surface area contributed by atoms with E-state index in [2.05, 4.69) is 5.32 Å². The molecule has 0 spiro atoms. The summed E-state index contributed by atoms with van der Waals surface area (Å²) in [5, 5.41) is 30.1. The van der Waals surface area contributed by atoms with Crippen molar-refractivity contribution in [2.24, 2.45) is 0 Å². The molecule has 2 N–H and O–H groups in total. The largest absolute Gasteiger partial charge is 0.480 e. The first-order valence-electron chi connectivity index (χ1n) is 4.19. The quantitative estimate of drug-likeness (QED) is 0.577. The summed E-state index contributed by atoms with van der Waals surface area (Å²) in [6.07, 6.45) is 0. The van der Waals surface area contributed by atoms with Gasteiger partial charge in [0.1, 0.15) is 12.6 Å². The number of nitro benzene ring substituents is 1. The Bertz CT molecular complexity index is 478. The molecule has 82 valence electrons. The van der Waals surface area contributed by atoms with Crippen molar-refractivity contribution < 1.29 is 14.8 Å². The second-order valence-electron chi connectivity index (χ2n) is 2.85. The molecular weight excluding hydrogens is 214 g/mol. The number of hydrogen-bond acceptors (Lipinski definition) is 5. The molecule has 0 amide bonds. The summed E-state index contributed by atoms with van der Waals surface area (Å²) in [5.74, 6) is -1.08. The van der Waals surface area contributed by atoms with Crippen LogP contribution in [0.5, 0.6) is 0 Å². The van der Waals surface area contributed by atoms with E-state index in [1.807, 2.05) is 0 Å². The molecule has 1 rings (SSSR count). The van der Waals surface area contributed by atoms with Crippen LogP contribution in [0, 0.1) is 21.4 Å². The SMILES string of the molecule is N#Cc1cc([N+](=O)[O-])ccc1NCC(=O)O. The van der Waals surface area contributed by atoms with Crippen molar-refractivity contribution in [1.29, 1.82) is 5.26 Å². The summed E-state index contributed by atoms with van der Waals surface area (Å²) >= 11 is 0. The number of nitro groups is 1. The fourth-order valence-corrected chi connectivity index (χ4v) is 1.06. The molecule has 0 radical (unpaired) electrons. The molecular formula is C9H7N3O4. The van der Waals surface area contributed by atoms with Crippen molar-refractivity contribution in [3.05, 3.63) is 33.9 Å². The maximum atomic E-state index is 10.4. The van der Waals surface area contributed by atoms with E-state index in [0.717, 1.165) is 6.07 Å². The maximum absolute atomic E-state index is 10.4. The van der Waals surface area contributed by atoms with E-state index in [0.29, 0.717) is 0 Å². The van der Waals surface area contributed by atoms with Gasteiger partial charge in [-0.3, -0.25) is 14.9 Å². The highest BCUT2D eigenvalue weighted by Crippen LogP contribution is 2.20. The summed E-state index contributed by atoms with van der Waals surface area (Å²) < 4.78 is 0. The van der Waals surface area contributed by atoms with Gasteiger partial charge in [0.25, 0.3) is 5.69 Å². The third kappa shape index (κ3) is 2.68. The van der Waals surface area contributed by atoms with Gasteiger partial charge in [-0.1, -0.05) is 0 Å². The fourth-order valence-electron chi connectivity index (χ4n) is 1.06. The van der Waals surface area contributed by atoms with Crippen LogP contribution in [0.1, 0.15) is 5.56 Å². The van der Waals surface area contributed by atoms with Crippen LogP contribution < -0.4 is 5.32 Å². The molecule has 0 saturated carbocycles. The van der Waals surface area contributed by atoms with Crippen LogP contribution in [0.2, 0.25) is 0 Å². The van der Waals surface area contributed by atoms with E-state index >= 15 is 0 Å². The number of non-ortho nitro benzene ring substituents is 1. The second kappa shape index (κ2) is 4.75. The van der Waals surface area contributed by atoms with Crippen LogP contribution in [0.3, 0.4) is 0 Å². The molecule has 0 aromatic heterocycles. The number of hydrogen-bond donors (Lipinski definition) is 2. The standard InChI is InChI=1S/C9H7N3O4/c10-4-6-3-7(12(15)16)1-2-8(6)11-5-9(13)14/h1-3,11H,5H2,(H,13,14). The molecule has 1 aromatic carbocycles. The zero-order chi connectivity index (χ0) is 12.1. The third-order valence-electron chi connectivity index (χ3n) is 1.76. The van der Waals surface area contributed by atoms with Crippen molar-refractivity contribution in [3.63, 3.8) is 0 Å². The molecule has 0 bridgehead atoms. The summed E-state index contributed by atoms with van der Waals surface area (Å²) in [6.45, 7) is -0.355. The minimum absolute atomic E-state index is 0.0375. The Morgan fingerprint density at radius 2 is 2.31 bits per heavy atom. The Labute approximate surface area is 90.1 Å². The number of aliphatic carboxylic acids is 1. The number of nitriles is 1. The van der Waals surface area contributed by atoms with E-state index in [-0.39, 0.29) is 23.5 Å². The number of rotatable bonds is 4. The second-order valence-corrected chi connectivity index (χ2v) is 2.85. The van der Waals surface area contributed by atoms with E-state index in [9.17, 15) is 14.9 Å². The van der Waals surface area contributed by atoms with Gasteiger partial charge < -0.3 is 10.4 Å². The van der Waals surface area contributed by atoms with Crippen LogP contribution in [-0.2, 0) is 4.79 Å². The van der Waals surface area contributed by atoms with Crippen LogP contribution in [-0.4, -0.2) is 22.5 Å². The molecule has 0 fully saturated rings. The van der Waals surface area contributed by atoms with E-state index in [1.165, 1.54) is 12.1 Å². The number of nitrogens with zero attached hydrogens (tertiary/aromatic N) is 2. The lowest BCUT2D eigenvalue weighted by Gasteiger charge is -2.04. The highest BCUT2D eigenvalue weighted by Gasteiger charge is 2.10. The first-order chi connectivity index (χ1) is 7.54.